The summed E-state index contributed by atoms with van der Waals surface area (Å²) in [6.45, 7) is 10.3. The highest BCUT2D eigenvalue weighted by molar-refractivity contribution is 5.82. The third-order valence-electron chi connectivity index (χ3n) is 3.29. The predicted octanol–water partition coefficient (Wildman–Crippen LogP) is 3.92. The van der Waals surface area contributed by atoms with Crippen molar-refractivity contribution in [3.05, 3.63) is 35.6 Å². The van der Waals surface area contributed by atoms with E-state index in [0.29, 0.717) is 5.56 Å². The molecule has 0 N–H and O–H groups in total. The van der Waals surface area contributed by atoms with Gasteiger partial charge in [-0.3, -0.25) is 4.90 Å². The Labute approximate surface area is 160 Å². The number of ether oxygens (including phenoxy) is 3. The average Bonchev–Trinajstić information content (AvgIpc) is 2.49. The molecule has 0 aliphatic carbocycles. The smallest absolute Gasteiger partial charge is 0.412 e. The highest BCUT2D eigenvalue weighted by Crippen LogP contribution is 2.19. The van der Waals surface area contributed by atoms with Gasteiger partial charge in [-0.25, -0.2) is 14.0 Å². The molecular formula is C20H30FNO5. The van der Waals surface area contributed by atoms with Crippen LogP contribution < -0.4 is 0 Å². The maximum Gasteiger partial charge on any atom is 0.412 e. The van der Waals surface area contributed by atoms with Crippen molar-refractivity contribution >= 4 is 12.1 Å². The summed E-state index contributed by atoms with van der Waals surface area (Å²) >= 11 is 0. The molecule has 0 fully saturated rings. The second kappa shape index (κ2) is 9.17. The fourth-order valence-corrected chi connectivity index (χ4v) is 2.26. The van der Waals surface area contributed by atoms with Gasteiger partial charge in [0.15, 0.2) is 0 Å². The standard InChI is InChI=1S/C20H30FNO5/c1-19(2,3)26-17(23)16(12-14-8-10-15(21)11-9-14)22(13-25-7)18(24)27-20(4,5)6/h8-11,16H,12-13H2,1-7H3/t16-/m0/s1. The zero-order chi connectivity index (χ0) is 20.8. The number of esters is 1. The van der Waals surface area contributed by atoms with Crippen LogP contribution in [0.4, 0.5) is 9.18 Å². The topological polar surface area (TPSA) is 65.1 Å². The highest BCUT2D eigenvalue weighted by Gasteiger charge is 2.36. The molecule has 1 atom stereocenters. The molecule has 152 valence electrons. The molecule has 1 rings (SSSR count). The zero-order valence-electron chi connectivity index (χ0n) is 17.2. The zero-order valence-corrected chi connectivity index (χ0v) is 17.2. The van der Waals surface area contributed by atoms with Crippen LogP contribution in [0.25, 0.3) is 0 Å². The van der Waals surface area contributed by atoms with Gasteiger partial charge in [0.25, 0.3) is 0 Å². The van der Waals surface area contributed by atoms with Crippen LogP contribution in [0.3, 0.4) is 0 Å². The van der Waals surface area contributed by atoms with Crippen LogP contribution in [0.5, 0.6) is 0 Å². The van der Waals surface area contributed by atoms with Crippen molar-refractivity contribution in [2.45, 2.75) is 65.2 Å². The van der Waals surface area contributed by atoms with E-state index in [4.69, 9.17) is 14.2 Å². The van der Waals surface area contributed by atoms with Crippen LogP contribution in [-0.4, -0.2) is 48.0 Å². The minimum absolute atomic E-state index is 0.137. The van der Waals surface area contributed by atoms with Gasteiger partial charge in [-0.1, -0.05) is 12.1 Å². The van der Waals surface area contributed by atoms with Gasteiger partial charge in [0.1, 0.15) is 29.8 Å². The van der Waals surface area contributed by atoms with Crippen LogP contribution in [0, 0.1) is 5.82 Å². The van der Waals surface area contributed by atoms with Crippen molar-refractivity contribution in [2.75, 3.05) is 13.8 Å². The Kier molecular flexibility index (Phi) is 7.77. The van der Waals surface area contributed by atoms with Crippen molar-refractivity contribution in [3.63, 3.8) is 0 Å². The van der Waals surface area contributed by atoms with Gasteiger partial charge < -0.3 is 14.2 Å². The molecule has 0 heterocycles. The van der Waals surface area contributed by atoms with E-state index in [1.54, 1.807) is 53.7 Å². The summed E-state index contributed by atoms with van der Waals surface area (Å²) in [6, 6.07) is 4.75. The van der Waals surface area contributed by atoms with Crippen LogP contribution >= 0.6 is 0 Å². The summed E-state index contributed by atoms with van der Waals surface area (Å²) in [5.74, 6) is -0.969. The monoisotopic (exact) mass is 383 g/mol. The lowest BCUT2D eigenvalue weighted by atomic mass is 10.0. The second-order valence-electron chi connectivity index (χ2n) is 8.25. The Morgan fingerprint density at radius 3 is 1.96 bits per heavy atom. The lowest BCUT2D eigenvalue weighted by molar-refractivity contribution is -0.163. The first-order valence-corrected chi connectivity index (χ1v) is 8.78. The van der Waals surface area contributed by atoms with Crippen molar-refractivity contribution in [2.24, 2.45) is 0 Å². The van der Waals surface area contributed by atoms with E-state index >= 15 is 0 Å². The minimum Gasteiger partial charge on any atom is -0.458 e. The summed E-state index contributed by atoms with van der Waals surface area (Å²) in [5, 5.41) is 0. The SMILES string of the molecule is COCN(C(=O)OC(C)(C)C)[C@@H](Cc1ccc(F)cc1)C(=O)OC(C)(C)C. The number of nitrogens with zero attached hydrogens (tertiary/aromatic N) is 1. The summed E-state index contributed by atoms with van der Waals surface area (Å²) in [6.07, 6.45) is -0.556. The van der Waals surface area contributed by atoms with Crippen molar-refractivity contribution in [3.8, 4) is 0 Å². The van der Waals surface area contributed by atoms with Gasteiger partial charge in [0.2, 0.25) is 0 Å². The average molecular weight is 383 g/mol. The number of hydrogen-bond acceptors (Lipinski definition) is 5. The Balaban J connectivity index is 3.18. The van der Waals surface area contributed by atoms with Crippen LogP contribution in [0.1, 0.15) is 47.1 Å². The van der Waals surface area contributed by atoms with Crippen LogP contribution in [-0.2, 0) is 25.4 Å². The number of rotatable bonds is 6. The first-order valence-electron chi connectivity index (χ1n) is 8.78. The Bertz CT molecular complexity index is 631. The molecule has 1 aromatic carbocycles. The number of carbonyl (C=O) groups excluding carboxylic acids is 2. The molecule has 6 nitrogen and oxygen atoms in total. The quantitative estimate of drug-likeness (QED) is 0.550. The predicted molar refractivity (Wildman–Crippen MR) is 99.7 cm³/mol. The third kappa shape index (κ3) is 8.39. The van der Waals surface area contributed by atoms with E-state index in [0.717, 1.165) is 0 Å². The van der Waals surface area contributed by atoms with Crippen molar-refractivity contribution < 1.29 is 28.2 Å². The lowest BCUT2D eigenvalue weighted by Gasteiger charge is -2.33. The number of benzene rings is 1. The molecule has 0 bridgehead atoms. The van der Waals surface area contributed by atoms with E-state index in [9.17, 15) is 14.0 Å². The molecule has 0 aromatic heterocycles. The number of amides is 1. The molecule has 0 aliphatic heterocycles. The fraction of sp³-hybridized carbons (Fsp3) is 0.600. The summed E-state index contributed by atoms with van der Waals surface area (Å²) in [5.41, 5.74) is -0.792. The van der Waals surface area contributed by atoms with Crippen molar-refractivity contribution in [1.29, 1.82) is 0 Å². The molecule has 1 aromatic rings. The van der Waals surface area contributed by atoms with Gasteiger partial charge in [0, 0.05) is 13.5 Å². The maximum atomic E-state index is 13.2. The number of carbonyl (C=O) groups is 2. The molecule has 0 saturated carbocycles. The van der Waals surface area contributed by atoms with Crippen LogP contribution in [0.15, 0.2) is 24.3 Å². The molecule has 27 heavy (non-hydrogen) atoms. The van der Waals surface area contributed by atoms with E-state index in [1.165, 1.54) is 24.1 Å². The molecule has 0 spiro atoms. The number of halogens is 1. The Morgan fingerprint density at radius 1 is 1.00 bits per heavy atom. The third-order valence-corrected chi connectivity index (χ3v) is 3.29. The molecule has 0 radical (unpaired) electrons. The lowest BCUT2D eigenvalue weighted by Crippen LogP contribution is -2.50. The minimum atomic E-state index is -0.982. The largest absolute Gasteiger partial charge is 0.458 e. The maximum absolute atomic E-state index is 13.2. The van der Waals surface area contributed by atoms with E-state index in [2.05, 4.69) is 0 Å². The number of hydrogen-bond donors (Lipinski definition) is 0. The van der Waals surface area contributed by atoms with Gasteiger partial charge >= 0.3 is 12.1 Å². The van der Waals surface area contributed by atoms with E-state index in [-0.39, 0.29) is 19.0 Å². The first-order chi connectivity index (χ1) is 12.3. The molecular weight excluding hydrogens is 353 g/mol. The summed E-state index contributed by atoms with van der Waals surface area (Å²) < 4.78 is 29.2. The van der Waals surface area contributed by atoms with E-state index in [1.807, 2.05) is 0 Å². The molecule has 0 saturated heterocycles. The normalized spacial score (nSPS) is 13.0. The van der Waals surface area contributed by atoms with Gasteiger partial charge in [0.05, 0.1) is 0 Å². The highest BCUT2D eigenvalue weighted by atomic mass is 19.1. The Hall–Kier alpha value is -2.15. The first kappa shape index (κ1) is 22.9. The number of methoxy groups -OCH3 is 1. The van der Waals surface area contributed by atoms with Gasteiger partial charge in [-0.15, -0.1) is 0 Å². The van der Waals surface area contributed by atoms with Crippen molar-refractivity contribution in [1.82, 2.24) is 4.90 Å². The van der Waals surface area contributed by atoms with Gasteiger partial charge in [-0.05, 0) is 59.2 Å². The Morgan fingerprint density at radius 2 is 1.52 bits per heavy atom. The van der Waals surface area contributed by atoms with Crippen LogP contribution in [0.2, 0.25) is 0 Å². The second-order valence-corrected chi connectivity index (χ2v) is 8.25. The fourth-order valence-electron chi connectivity index (χ4n) is 2.26. The molecule has 7 heteroatoms. The molecule has 1 amide bonds. The van der Waals surface area contributed by atoms with E-state index < -0.39 is 29.3 Å². The molecule has 0 aliphatic rings. The molecule has 0 unspecified atom stereocenters. The van der Waals surface area contributed by atoms with Gasteiger partial charge in [-0.2, -0.15) is 0 Å². The summed E-state index contributed by atoms with van der Waals surface area (Å²) in [7, 11) is 1.42. The summed E-state index contributed by atoms with van der Waals surface area (Å²) in [4.78, 5) is 26.7.